The average molecular weight is 311 g/mol. The van der Waals surface area contributed by atoms with E-state index in [1.807, 2.05) is 36.4 Å². The van der Waals surface area contributed by atoms with Gasteiger partial charge >= 0.3 is 0 Å². The fourth-order valence-electron chi connectivity index (χ4n) is 2.85. The average Bonchev–Trinajstić information content (AvgIpc) is 3.41. The van der Waals surface area contributed by atoms with Gasteiger partial charge in [0.25, 0.3) is 0 Å². The molecule has 0 radical (unpaired) electrons. The first-order valence-corrected chi connectivity index (χ1v) is 7.83. The number of ether oxygens (including phenoxy) is 1. The van der Waals surface area contributed by atoms with Crippen molar-refractivity contribution in [2.45, 2.75) is 18.4 Å². The second kappa shape index (κ2) is 6.84. The molecule has 1 amide bonds. The molecule has 2 N–H and O–H groups in total. The zero-order valence-corrected chi connectivity index (χ0v) is 13.1. The number of rotatable bonds is 6. The number of aliphatic hydroxyl groups is 1. The Bertz CT molecular complexity index is 671. The van der Waals surface area contributed by atoms with Gasteiger partial charge in [-0.1, -0.05) is 42.5 Å². The minimum atomic E-state index is -0.733. The Morgan fingerprint density at radius 2 is 2.04 bits per heavy atom. The summed E-state index contributed by atoms with van der Waals surface area (Å²) in [6, 6.07) is 17.3. The molecular weight excluding hydrogens is 290 g/mol. The van der Waals surface area contributed by atoms with Crippen LogP contribution in [-0.2, 0) is 4.79 Å². The Hall–Kier alpha value is -2.33. The third-order valence-electron chi connectivity index (χ3n) is 4.30. The summed E-state index contributed by atoms with van der Waals surface area (Å²) in [6.07, 6.45) is 0.147. The Balaban J connectivity index is 1.51. The van der Waals surface area contributed by atoms with Gasteiger partial charge in [0.05, 0.1) is 13.2 Å². The summed E-state index contributed by atoms with van der Waals surface area (Å²) in [4.78, 5) is 12.2. The summed E-state index contributed by atoms with van der Waals surface area (Å²) in [5.74, 6) is 1.04. The van der Waals surface area contributed by atoms with E-state index in [4.69, 9.17) is 4.74 Å². The number of hydrogen-bond acceptors (Lipinski definition) is 3. The quantitative estimate of drug-likeness (QED) is 0.862. The maximum Gasteiger partial charge on any atom is 0.223 e. The second-order valence-electron chi connectivity index (χ2n) is 5.90. The maximum atomic E-state index is 12.2. The molecule has 1 aliphatic rings. The van der Waals surface area contributed by atoms with Crippen LogP contribution in [0.1, 0.15) is 29.6 Å². The number of methoxy groups -OCH3 is 1. The molecule has 2 aromatic carbocycles. The van der Waals surface area contributed by atoms with Crippen LogP contribution in [0.3, 0.4) is 0 Å². The molecule has 3 atom stereocenters. The molecule has 1 saturated carbocycles. The lowest BCUT2D eigenvalue weighted by Gasteiger charge is -2.13. The number of hydrogen-bond donors (Lipinski definition) is 2. The van der Waals surface area contributed by atoms with Gasteiger partial charge < -0.3 is 15.2 Å². The molecular formula is C19H21NO3. The molecule has 2 aromatic rings. The van der Waals surface area contributed by atoms with Crippen molar-refractivity contribution >= 4 is 5.91 Å². The normalized spacial score (nSPS) is 20.6. The summed E-state index contributed by atoms with van der Waals surface area (Å²) >= 11 is 0. The van der Waals surface area contributed by atoms with E-state index in [0.29, 0.717) is 11.7 Å². The predicted molar refractivity (Wildman–Crippen MR) is 88.3 cm³/mol. The van der Waals surface area contributed by atoms with E-state index >= 15 is 0 Å². The molecule has 0 aliphatic heterocycles. The first-order valence-electron chi connectivity index (χ1n) is 7.83. The van der Waals surface area contributed by atoms with Crippen molar-refractivity contribution in [1.82, 2.24) is 5.32 Å². The van der Waals surface area contributed by atoms with Gasteiger partial charge in [-0.2, -0.15) is 0 Å². The van der Waals surface area contributed by atoms with Crippen LogP contribution in [0.5, 0.6) is 5.75 Å². The molecule has 0 heterocycles. The second-order valence-corrected chi connectivity index (χ2v) is 5.90. The van der Waals surface area contributed by atoms with Gasteiger partial charge in [0.2, 0.25) is 5.91 Å². The highest BCUT2D eigenvalue weighted by molar-refractivity contribution is 5.82. The van der Waals surface area contributed by atoms with Gasteiger partial charge in [-0.3, -0.25) is 4.79 Å². The number of amides is 1. The highest BCUT2D eigenvalue weighted by Crippen LogP contribution is 2.47. The van der Waals surface area contributed by atoms with Crippen LogP contribution >= 0.6 is 0 Å². The van der Waals surface area contributed by atoms with Crippen molar-refractivity contribution in [3.63, 3.8) is 0 Å². The van der Waals surface area contributed by atoms with Crippen LogP contribution < -0.4 is 10.1 Å². The third-order valence-corrected chi connectivity index (χ3v) is 4.30. The van der Waals surface area contributed by atoms with E-state index in [1.54, 1.807) is 13.2 Å². The molecule has 120 valence electrons. The van der Waals surface area contributed by atoms with Gasteiger partial charge in [0.1, 0.15) is 5.75 Å². The molecule has 3 unspecified atom stereocenters. The SMILES string of the molecule is COc1cccc(C(O)CNC(=O)C2CC2c2ccccc2)c1. The number of carbonyl (C=O) groups is 1. The summed E-state index contributed by atoms with van der Waals surface area (Å²) in [5.41, 5.74) is 1.95. The highest BCUT2D eigenvalue weighted by Gasteiger charge is 2.43. The standard InChI is InChI=1S/C19H21NO3/c1-23-15-9-5-8-14(10-15)18(21)12-20-19(22)17-11-16(17)13-6-3-2-4-7-13/h2-10,16-18,21H,11-12H2,1H3,(H,20,22). The van der Waals surface area contributed by atoms with Gasteiger partial charge in [-0.25, -0.2) is 0 Å². The van der Waals surface area contributed by atoms with Crippen molar-refractivity contribution in [3.8, 4) is 5.75 Å². The number of aliphatic hydroxyl groups excluding tert-OH is 1. The fourth-order valence-corrected chi connectivity index (χ4v) is 2.85. The van der Waals surface area contributed by atoms with E-state index in [2.05, 4.69) is 17.4 Å². The van der Waals surface area contributed by atoms with Crippen LogP contribution in [0.4, 0.5) is 0 Å². The van der Waals surface area contributed by atoms with Gasteiger partial charge in [0.15, 0.2) is 0 Å². The number of carbonyl (C=O) groups excluding carboxylic acids is 1. The van der Waals surface area contributed by atoms with Crippen LogP contribution in [0, 0.1) is 5.92 Å². The minimum absolute atomic E-state index is 0.0146. The van der Waals surface area contributed by atoms with Gasteiger partial charge in [-0.05, 0) is 35.6 Å². The molecule has 1 fully saturated rings. The summed E-state index contributed by atoms with van der Waals surface area (Å²) in [6.45, 7) is 0.212. The van der Waals surface area contributed by atoms with Crippen molar-refractivity contribution in [1.29, 1.82) is 0 Å². The van der Waals surface area contributed by atoms with E-state index in [9.17, 15) is 9.90 Å². The monoisotopic (exact) mass is 311 g/mol. The van der Waals surface area contributed by atoms with E-state index < -0.39 is 6.10 Å². The van der Waals surface area contributed by atoms with Crippen molar-refractivity contribution < 1.29 is 14.6 Å². The first kappa shape index (κ1) is 15.6. The summed E-state index contributed by atoms with van der Waals surface area (Å²) < 4.78 is 5.14. The van der Waals surface area contributed by atoms with E-state index in [1.165, 1.54) is 5.56 Å². The predicted octanol–water partition coefficient (Wildman–Crippen LogP) is 2.65. The van der Waals surface area contributed by atoms with Crippen LogP contribution in [0.25, 0.3) is 0 Å². The lowest BCUT2D eigenvalue weighted by molar-refractivity contribution is -0.122. The zero-order valence-electron chi connectivity index (χ0n) is 13.1. The first-order chi connectivity index (χ1) is 11.2. The molecule has 0 spiro atoms. The minimum Gasteiger partial charge on any atom is -0.497 e. The Labute approximate surface area is 136 Å². The van der Waals surface area contributed by atoms with Crippen LogP contribution in [-0.4, -0.2) is 24.7 Å². The zero-order chi connectivity index (χ0) is 16.2. The lowest BCUT2D eigenvalue weighted by Crippen LogP contribution is -2.30. The molecule has 1 aliphatic carbocycles. The molecule has 3 rings (SSSR count). The van der Waals surface area contributed by atoms with E-state index in [0.717, 1.165) is 12.0 Å². The Morgan fingerprint density at radius 1 is 1.26 bits per heavy atom. The summed E-state index contributed by atoms with van der Waals surface area (Å²) in [7, 11) is 1.59. The van der Waals surface area contributed by atoms with Crippen molar-refractivity contribution in [3.05, 3.63) is 65.7 Å². The molecule has 4 nitrogen and oxygen atoms in total. The van der Waals surface area contributed by atoms with Crippen molar-refractivity contribution in [2.24, 2.45) is 5.92 Å². The lowest BCUT2D eigenvalue weighted by atomic mass is 10.1. The largest absolute Gasteiger partial charge is 0.497 e. The molecule has 0 saturated heterocycles. The molecule has 0 bridgehead atoms. The van der Waals surface area contributed by atoms with Crippen molar-refractivity contribution in [2.75, 3.05) is 13.7 Å². The van der Waals surface area contributed by atoms with Crippen LogP contribution in [0.15, 0.2) is 54.6 Å². The molecule has 0 aromatic heterocycles. The molecule has 4 heteroatoms. The Morgan fingerprint density at radius 3 is 2.78 bits per heavy atom. The topological polar surface area (TPSA) is 58.6 Å². The van der Waals surface area contributed by atoms with Gasteiger partial charge in [0, 0.05) is 12.5 Å². The smallest absolute Gasteiger partial charge is 0.223 e. The fraction of sp³-hybridized carbons (Fsp3) is 0.316. The highest BCUT2D eigenvalue weighted by atomic mass is 16.5. The molecule has 23 heavy (non-hydrogen) atoms. The summed E-state index contributed by atoms with van der Waals surface area (Å²) in [5, 5.41) is 13.1. The van der Waals surface area contributed by atoms with Crippen LogP contribution in [0.2, 0.25) is 0 Å². The third kappa shape index (κ3) is 3.71. The maximum absolute atomic E-state index is 12.2. The Kier molecular flexibility index (Phi) is 4.63. The number of benzene rings is 2. The van der Waals surface area contributed by atoms with E-state index in [-0.39, 0.29) is 18.4 Å². The number of nitrogens with one attached hydrogen (secondary N) is 1. The van der Waals surface area contributed by atoms with Gasteiger partial charge in [-0.15, -0.1) is 0 Å².